The summed E-state index contributed by atoms with van der Waals surface area (Å²) >= 11 is 11.8. The molecule has 0 aliphatic rings. The molecule has 8 nitrogen and oxygen atoms in total. The number of halogens is 2. The van der Waals surface area contributed by atoms with Crippen LogP contribution in [0.3, 0.4) is 0 Å². The molecule has 10 heteroatoms. The van der Waals surface area contributed by atoms with E-state index in [-0.39, 0.29) is 18.5 Å². The number of rotatable bonds is 5. The zero-order valence-electron chi connectivity index (χ0n) is 13.3. The van der Waals surface area contributed by atoms with Crippen molar-refractivity contribution in [2.24, 2.45) is 7.05 Å². The minimum absolute atomic E-state index is 0.0374. The van der Waals surface area contributed by atoms with Crippen molar-refractivity contribution in [3.05, 3.63) is 40.0 Å². The average molecular weight is 382 g/mol. The highest BCUT2D eigenvalue weighted by Gasteiger charge is 2.15. The lowest BCUT2D eigenvalue weighted by Crippen LogP contribution is -2.20. The van der Waals surface area contributed by atoms with Gasteiger partial charge in [-0.2, -0.15) is 5.10 Å². The predicted octanol–water partition coefficient (Wildman–Crippen LogP) is 3.10. The van der Waals surface area contributed by atoms with Crippen molar-refractivity contribution < 1.29 is 13.9 Å². The number of hydrogen-bond donors (Lipinski definition) is 1. The van der Waals surface area contributed by atoms with Gasteiger partial charge in [0, 0.05) is 12.1 Å². The SMILES string of the molecule is Cc1cc(-c2nnc(NC(=O)COc3ccc(Cl)cc3Cl)o2)n(C)n1. The molecule has 1 N–H and O–H groups in total. The van der Waals surface area contributed by atoms with Crippen LogP contribution in [0.25, 0.3) is 11.6 Å². The van der Waals surface area contributed by atoms with Crippen LogP contribution in [0.15, 0.2) is 28.7 Å². The minimum Gasteiger partial charge on any atom is -0.482 e. The molecule has 0 atom stereocenters. The van der Waals surface area contributed by atoms with Crippen LogP contribution in [0.4, 0.5) is 6.01 Å². The van der Waals surface area contributed by atoms with Gasteiger partial charge in [0.15, 0.2) is 6.61 Å². The number of carbonyl (C=O) groups is 1. The molecule has 25 heavy (non-hydrogen) atoms. The summed E-state index contributed by atoms with van der Waals surface area (Å²) in [7, 11) is 1.76. The van der Waals surface area contributed by atoms with Gasteiger partial charge in [0.1, 0.15) is 11.4 Å². The van der Waals surface area contributed by atoms with E-state index in [4.69, 9.17) is 32.4 Å². The smallest absolute Gasteiger partial charge is 0.322 e. The number of hydrogen-bond acceptors (Lipinski definition) is 6. The number of ether oxygens (including phenoxy) is 1. The molecular formula is C15H13Cl2N5O3. The number of benzene rings is 1. The summed E-state index contributed by atoms with van der Waals surface area (Å²) in [4.78, 5) is 11.9. The Hall–Kier alpha value is -2.58. The first-order valence-electron chi connectivity index (χ1n) is 7.14. The van der Waals surface area contributed by atoms with Gasteiger partial charge in [0.05, 0.1) is 10.7 Å². The zero-order chi connectivity index (χ0) is 18.0. The third-order valence-electron chi connectivity index (χ3n) is 3.15. The summed E-state index contributed by atoms with van der Waals surface area (Å²) in [6.07, 6.45) is 0. The molecule has 1 aromatic carbocycles. The molecule has 3 rings (SSSR count). The Kier molecular flexibility index (Phi) is 4.91. The summed E-state index contributed by atoms with van der Waals surface area (Å²) in [6, 6.07) is 6.47. The molecular weight excluding hydrogens is 369 g/mol. The van der Waals surface area contributed by atoms with Gasteiger partial charge in [-0.25, -0.2) is 0 Å². The van der Waals surface area contributed by atoms with Crippen molar-refractivity contribution >= 4 is 35.1 Å². The molecule has 0 unspecified atom stereocenters. The summed E-state index contributed by atoms with van der Waals surface area (Å²) < 4.78 is 12.4. The molecule has 0 saturated heterocycles. The monoisotopic (exact) mass is 381 g/mol. The van der Waals surface area contributed by atoms with Crippen LogP contribution >= 0.6 is 23.2 Å². The van der Waals surface area contributed by atoms with E-state index in [0.717, 1.165) is 5.69 Å². The Balaban J connectivity index is 1.61. The van der Waals surface area contributed by atoms with Gasteiger partial charge in [-0.05, 0) is 31.2 Å². The first-order valence-corrected chi connectivity index (χ1v) is 7.90. The van der Waals surface area contributed by atoms with Gasteiger partial charge in [0.2, 0.25) is 0 Å². The lowest BCUT2D eigenvalue weighted by Gasteiger charge is -2.07. The Bertz CT molecular complexity index is 922. The van der Waals surface area contributed by atoms with Crippen molar-refractivity contribution in [1.82, 2.24) is 20.0 Å². The zero-order valence-corrected chi connectivity index (χ0v) is 14.8. The van der Waals surface area contributed by atoms with Gasteiger partial charge in [-0.3, -0.25) is 14.8 Å². The van der Waals surface area contributed by atoms with Crippen molar-refractivity contribution in [2.45, 2.75) is 6.92 Å². The highest BCUT2D eigenvalue weighted by molar-refractivity contribution is 6.35. The first kappa shape index (κ1) is 17.2. The first-order chi connectivity index (χ1) is 11.9. The van der Waals surface area contributed by atoms with Crippen molar-refractivity contribution in [3.63, 3.8) is 0 Å². The maximum atomic E-state index is 11.9. The Labute approximate surface area is 152 Å². The highest BCUT2D eigenvalue weighted by atomic mass is 35.5. The average Bonchev–Trinajstić information content (AvgIpc) is 3.12. The van der Waals surface area contributed by atoms with Gasteiger partial charge in [0.25, 0.3) is 11.8 Å². The molecule has 0 saturated carbocycles. The molecule has 3 aromatic rings. The van der Waals surface area contributed by atoms with Gasteiger partial charge >= 0.3 is 6.01 Å². The van der Waals surface area contributed by atoms with Crippen LogP contribution in [0, 0.1) is 6.92 Å². The molecule has 1 amide bonds. The van der Waals surface area contributed by atoms with Crippen molar-refractivity contribution in [2.75, 3.05) is 11.9 Å². The molecule has 0 radical (unpaired) electrons. The maximum absolute atomic E-state index is 11.9. The number of amides is 1. The van der Waals surface area contributed by atoms with Crippen LogP contribution in [-0.2, 0) is 11.8 Å². The van der Waals surface area contributed by atoms with Crippen LogP contribution in [0.5, 0.6) is 5.75 Å². The Morgan fingerprint density at radius 3 is 2.80 bits per heavy atom. The second-order valence-electron chi connectivity index (χ2n) is 5.12. The number of nitrogens with zero attached hydrogens (tertiary/aromatic N) is 4. The number of anilines is 1. The maximum Gasteiger partial charge on any atom is 0.322 e. The fourth-order valence-electron chi connectivity index (χ4n) is 2.08. The summed E-state index contributed by atoms with van der Waals surface area (Å²) in [5, 5.41) is 15.1. The van der Waals surface area contributed by atoms with Crippen LogP contribution in [-0.4, -0.2) is 32.5 Å². The minimum atomic E-state index is -0.470. The fraction of sp³-hybridized carbons (Fsp3) is 0.200. The van der Waals surface area contributed by atoms with Crippen LogP contribution in [0.1, 0.15) is 5.69 Å². The van der Waals surface area contributed by atoms with Crippen LogP contribution in [0.2, 0.25) is 10.0 Å². The van der Waals surface area contributed by atoms with Gasteiger partial charge < -0.3 is 9.15 Å². The molecule has 0 bridgehead atoms. The van der Waals surface area contributed by atoms with E-state index in [1.165, 1.54) is 6.07 Å². The van der Waals surface area contributed by atoms with Gasteiger partial charge in [-0.15, -0.1) is 5.10 Å². The topological polar surface area (TPSA) is 95.1 Å². The highest BCUT2D eigenvalue weighted by Crippen LogP contribution is 2.27. The number of aryl methyl sites for hydroxylation is 2. The second kappa shape index (κ2) is 7.12. The van der Waals surface area contributed by atoms with E-state index in [1.54, 1.807) is 29.9 Å². The molecule has 0 aliphatic heterocycles. The standard InChI is InChI=1S/C15H13Cl2N5O3/c1-8-5-11(22(2)21-8)14-19-20-15(25-14)18-13(23)7-24-12-4-3-9(16)6-10(12)17/h3-6H,7H2,1-2H3,(H,18,20,23). The summed E-state index contributed by atoms with van der Waals surface area (Å²) in [5.41, 5.74) is 1.46. The third kappa shape index (κ3) is 4.09. The van der Waals surface area contributed by atoms with E-state index < -0.39 is 5.91 Å². The van der Waals surface area contributed by atoms with Crippen molar-refractivity contribution in [3.8, 4) is 17.3 Å². The van der Waals surface area contributed by atoms with Crippen LogP contribution < -0.4 is 10.1 Å². The number of aromatic nitrogens is 4. The van der Waals surface area contributed by atoms with E-state index in [1.807, 2.05) is 6.92 Å². The fourth-order valence-corrected chi connectivity index (χ4v) is 2.54. The molecule has 0 fully saturated rings. The normalized spacial score (nSPS) is 10.7. The summed E-state index contributed by atoms with van der Waals surface area (Å²) in [6.45, 7) is 1.58. The summed E-state index contributed by atoms with van der Waals surface area (Å²) in [5.74, 6) is 0.125. The quantitative estimate of drug-likeness (QED) is 0.729. The third-order valence-corrected chi connectivity index (χ3v) is 3.68. The van der Waals surface area contributed by atoms with E-state index in [0.29, 0.717) is 21.5 Å². The number of nitrogens with one attached hydrogen (secondary N) is 1. The van der Waals surface area contributed by atoms with Gasteiger partial charge in [-0.1, -0.05) is 28.3 Å². The van der Waals surface area contributed by atoms with E-state index in [2.05, 4.69) is 20.6 Å². The predicted molar refractivity (Wildman–Crippen MR) is 91.8 cm³/mol. The molecule has 0 aliphatic carbocycles. The van der Waals surface area contributed by atoms with Crippen molar-refractivity contribution in [1.29, 1.82) is 0 Å². The van der Waals surface area contributed by atoms with E-state index >= 15 is 0 Å². The largest absolute Gasteiger partial charge is 0.482 e. The lowest BCUT2D eigenvalue weighted by molar-refractivity contribution is -0.118. The lowest BCUT2D eigenvalue weighted by atomic mass is 10.3. The van der Waals surface area contributed by atoms with E-state index in [9.17, 15) is 4.79 Å². The molecule has 2 aromatic heterocycles. The Morgan fingerprint density at radius 1 is 1.32 bits per heavy atom. The molecule has 2 heterocycles. The molecule has 0 spiro atoms. The Morgan fingerprint density at radius 2 is 2.12 bits per heavy atom. The second-order valence-corrected chi connectivity index (χ2v) is 5.96. The number of carbonyl (C=O) groups excluding carboxylic acids is 1. The molecule has 130 valence electrons.